The van der Waals surface area contributed by atoms with Crippen LogP contribution >= 0.6 is 0 Å². The van der Waals surface area contributed by atoms with Gasteiger partial charge in [-0.25, -0.2) is 4.39 Å². The Bertz CT molecular complexity index is 1260. The Labute approximate surface area is 202 Å². The van der Waals surface area contributed by atoms with Crippen LogP contribution in [-0.4, -0.2) is 53.6 Å². The van der Waals surface area contributed by atoms with Gasteiger partial charge in [-0.05, 0) is 49.6 Å². The maximum absolute atomic E-state index is 13.6. The van der Waals surface area contributed by atoms with E-state index in [0.29, 0.717) is 48.3 Å². The van der Waals surface area contributed by atoms with E-state index in [9.17, 15) is 14.0 Å². The Hall–Kier alpha value is -3.75. The van der Waals surface area contributed by atoms with Crippen molar-refractivity contribution >= 4 is 17.5 Å². The number of hydrogen-bond acceptors (Lipinski definition) is 6. The van der Waals surface area contributed by atoms with Crippen LogP contribution < -0.4 is 9.64 Å². The fraction of sp³-hybridized carbons (Fsp3) is 0.385. The molecule has 2 aliphatic rings. The Balaban J connectivity index is 1.28. The zero-order valence-corrected chi connectivity index (χ0v) is 19.7. The number of nitrogens with zero attached hydrogens (tertiary/aromatic N) is 4. The molecule has 0 saturated carbocycles. The van der Waals surface area contributed by atoms with E-state index in [-0.39, 0.29) is 30.0 Å². The minimum absolute atomic E-state index is 0.0398. The lowest BCUT2D eigenvalue weighted by atomic mass is 9.96. The van der Waals surface area contributed by atoms with Crippen LogP contribution in [0.5, 0.6) is 5.75 Å². The lowest BCUT2D eigenvalue weighted by Gasteiger charge is -2.32. The first-order valence-corrected chi connectivity index (χ1v) is 11.8. The first-order chi connectivity index (χ1) is 16.9. The highest BCUT2D eigenvalue weighted by molar-refractivity contribution is 6.01. The molecule has 0 radical (unpaired) electrons. The third-order valence-corrected chi connectivity index (χ3v) is 6.71. The fourth-order valence-electron chi connectivity index (χ4n) is 4.90. The maximum Gasteiger partial charge on any atom is 0.231 e. The second-order valence-corrected chi connectivity index (χ2v) is 9.17. The normalized spacial score (nSPS) is 20.4. The van der Waals surface area contributed by atoms with Crippen LogP contribution in [0, 0.1) is 18.7 Å². The molecule has 1 aromatic heterocycles. The van der Waals surface area contributed by atoms with Crippen molar-refractivity contribution in [3.63, 3.8) is 0 Å². The molecule has 2 unspecified atom stereocenters. The maximum atomic E-state index is 13.6. The molecule has 2 saturated heterocycles. The first-order valence-electron chi connectivity index (χ1n) is 11.8. The first kappa shape index (κ1) is 23.0. The van der Waals surface area contributed by atoms with Gasteiger partial charge in [-0.3, -0.25) is 9.59 Å². The predicted molar refractivity (Wildman–Crippen MR) is 126 cm³/mol. The zero-order valence-electron chi connectivity index (χ0n) is 19.7. The summed E-state index contributed by atoms with van der Waals surface area (Å²) in [5, 5.41) is 4.01. The van der Waals surface area contributed by atoms with Crippen molar-refractivity contribution in [1.29, 1.82) is 0 Å². The van der Waals surface area contributed by atoms with E-state index < -0.39 is 5.92 Å². The number of piperidine rings is 1. The number of anilines is 1. The molecule has 5 rings (SSSR count). The summed E-state index contributed by atoms with van der Waals surface area (Å²) in [5.74, 6) is 0.360. The molecule has 0 aliphatic carbocycles. The van der Waals surface area contributed by atoms with Crippen LogP contribution in [0.1, 0.15) is 36.6 Å². The van der Waals surface area contributed by atoms with Gasteiger partial charge in [0.25, 0.3) is 0 Å². The van der Waals surface area contributed by atoms with Crippen molar-refractivity contribution in [3.8, 4) is 17.1 Å². The molecular weight excluding hydrogens is 451 g/mol. The summed E-state index contributed by atoms with van der Waals surface area (Å²) in [5.41, 5.74) is 2.25. The van der Waals surface area contributed by atoms with Gasteiger partial charge in [0.1, 0.15) is 11.6 Å². The molecule has 0 spiro atoms. The quantitative estimate of drug-likeness (QED) is 0.552. The minimum atomic E-state index is -0.419. The van der Waals surface area contributed by atoms with Gasteiger partial charge in [0.15, 0.2) is 0 Å². The van der Waals surface area contributed by atoms with E-state index in [1.165, 1.54) is 12.1 Å². The zero-order chi connectivity index (χ0) is 24.5. The lowest BCUT2D eigenvalue weighted by molar-refractivity contribution is -0.137. The number of aryl methyl sites for hydroxylation is 1. The molecule has 0 N–H and O–H groups in total. The van der Waals surface area contributed by atoms with Crippen molar-refractivity contribution in [2.45, 2.75) is 32.1 Å². The number of methoxy groups -OCH3 is 1. The van der Waals surface area contributed by atoms with E-state index in [1.54, 1.807) is 29.0 Å². The smallest absolute Gasteiger partial charge is 0.231 e. The number of rotatable bonds is 5. The summed E-state index contributed by atoms with van der Waals surface area (Å²) in [6.45, 7) is 3.35. The van der Waals surface area contributed by atoms with Crippen LogP contribution in [0.4, 0.5) is 10.1 Å². The molecule has 3 aromatic rings. The highest BCUT2D eigenvalue weighted by Crippen LogP contribution is 2.35. The third kappa shape index (κ3) is 4.62. The summed E-state index contributed by atoms with van der Waals surface area (Å²) in [4.78, 5) is 34.2. The van der Waals surface area contributed by atoms with E-state index in [0.717, 1.165) is 18.4 Å². The summed E-state index contributed by atoms with van der Waals surface area (Å²) in [6.07, 6.45) is 1.77. The molecule has 9 heteroatoms. The highest BCUT2D eigenvalue weighted by atomic mass is 19.1. The highest BCUT2D eigenvalue weighted by Gasteiger charge is 2.40. The van der Waals surface area contributed by atoms with Gasteiger partial charge < -0.3 is 19.1 Å². The molecule has 2 aliphatic heterocycles. The number of ether oxygens (including phenoxy) is 1. The van der Waals surface area contributed by atoms with Gasteiger partial charge in [0, 0.05) is 31.6 Å². The Morgan fingerprint density at radius 3 is 2.86 bits per heavy atom. The summed E-state index contributed by atoms with van der Waals surface area (Å²) in [7, 11) is 1.57. The number of aromatic nitrogens is 2. The second kappa shape index (κ2) is 9.48. The number of amides is 2. The molecule has 2 amide bonds. The molecule has 0 bridgehead atoms. The Morgan fingerprint density at radius 1 is 1.20 bits per heavy atom. The van der Waals surface area contributed by atoms with Gasteiger partial charge in [0.2, 0.25) is 23.5 Å². The second-order valence-electron chi connectivity index (χ2n) is 9.17. The van der Waals surface area contributed by atoms with Crippen molar-refractivity contribution in [3.05, 3.63) is 59.7 Å². The monoisotopic (exact) mass is 478 g/mol. The van der Waals surface area contributed by atoms with Crippen LogP contribution in [0.25, 0.3) is 11.4 Å². The Kier molecular flexibility index (Phi) is 6.23. The van der Waals surface area contributed by atoms with Crippen LogP contribution in [-0.2, 0) is 9.59 Å². The standard InChI is InChI=1S/C26H27FN4O4/c1-16-8-9-22(34-2)21(11-16)31-15-19(13-23(31)32)26(33)30-10-4-6-18(14-30)25-28-24(29-35-25)17-5-3-7-20(27)12-17/h3,5,7-9,11-12,18-19H,4,6,10,13-15H2,1-2H3. The van der Waals surface area contributed by atoms with Crippen molar-refractivity contribution < 1.29 is 23.2 Å². The molecule has 2 aromatic carbocycles. The molecule has 3 heterocycles. The minimum Gasteiger partial charge on any atom is -0.495 e. The van der Waals surface area contributed by atoms with Crippen LogP contribution in [0.2, 0.25) is 0 Å². The predicted octanol–water partition coefficient (Wildman–Crippen LogP) is 3.95. The number of benzene rings is 2. The van der Waals surface area contributed by atoms with Crippen molar-refractivity contribution in [1.82, 2.24) is 15.0 Å². The Morgan fingerprint density at radius 2 is 2.06 bits per heavy atom. The van der Waals surface area contributed by atoms with Gasteiger partial charge >= 0.3 is 0 Å². The molecule has 8 nitrogen and oxygen atoms in total. The summed E-state index contributed by atoms with van der Waals surface area (Å²) in [6, 6.07) is 11.7. The topological polar surface area (TPSA) is 88.8 Å². The van der Waals surface area contributed by atoms with Crippen LogP contribution in [0.15, 0.2) is 47.0 Å². The average molecular weight is 479 g/mol. The third-order valence-electron chi connectivity index (χ3n) is 6.71. The van der Waals surface area contributed by atoms with Gasteiger partial charge in [-0.15, -0.1) is 0 Å². The van der Waals surface area contributed by atoms with Gasteiger partial charge in [-0.2, -0.15) is 4.98 Å². The SMILES string of the molecule is COc1ccc(C)cc1N1CC(C(=O)N2CCCC(c3nc(-c4cccc(F)c4)no3)C2)CC1=O. The summed E-state index contributed by atoms with van der Waals surface area (Å²) >= 11 is 0. The van der Waals surface area contributed by atoms with E-state index >= 15 is 0 Å². The average Bonchev–Trinajstić information content (AvgIpc) is 3.51. The largest absolute Gasteiger partial charge is 0.495 e. The number of hydrogen-bond donors (Lipinski definition) is 0. The van der Waals surface area contributed by atoms with Gasteiger partial charge in [-0.1, -0.05) is 23.4 Å². The number of carbonyl (C=O) groups excluding carboxylic acids is 2. The molecule has 182 valence electrons. The fourth-order valence-corrected chi connectivity index (χ4v) is 4.90. The molecule has 2 fully saturated rings. The molecule has 2 atom stereocenters. The molecular formula is C26H27FN4O4. The van der Waals surface area contributed by atoms with Gasteiger partial charge in [0.05, 0.1) is 24.6 Å². The van der Waals surface area contributed by atoms with E-state index in [1.807, 2.05) is 25.1 Å². The van der Waals surface area contributed by atoms with Crippen LogP contribution in [0.3, 0.4) is 0 Å². The summed E-state index contributed by atoms with van der Waals surface area (Å²) < 4.78 is 24.5. The van der Waals surface area contributed by atoms with E-state index in [4.69, 9.17) is 9.26 Å². The van der Waals surface area contributed by atoms with E-state index in [2.05, 4.69) is 10.1 Å². The number of likely N-dealkylation sites (tertiary alicyclic amines) is 1. The van der Waals surface area contributed by atoms with Crippen molar-refractivity contribution in [2.24, 2.45) is 5.92 Å². The lowest BCUT2D eigenvalue weighted by Crippen LogP contribution is -2.43. The number of halogens is 1. The molecule has 35 heavy (non-hydrogen) atoms. The number of carbonyl (C=O) groups is 2. The van der Waals surface area contributed by atoms with Crippen molar-refractivity contribution in [2.75, 3.05) is 31.6 Å².